The van der Waals surface area contributed by atoms with Crippen LogP contribution in [0.2, 0.25) is 0 Å². The van der Waals surface area contributed by atoms with Crippen molar-refractivity contribution in [1.82, 2.24) is 4.90 Å². The zero-order valence-corrected chi connectivity index (χ0v) is 16.3. The molecular weight excluding hydrogens is 346 g/mol. The van der Waals surface area contributed by atoms with Crippen molar-refractivity contribution in [3.05, 3.63) is 69.1 Å². The van der Waals surface area contributed by atoms with Crippen molar-refractivity contribution in [2.45, 2.75) is 40.3 Å². The highest BCUT2D eigenvalue weighted by Crippen LogP contribution is 2.42. The second kappa shape index (κ2) is 6.72. The van der Waals surface area contributed by atoms with E-state index in [1.54, 1.807) is 37.0 Å². The standard InChI is InChI=1S/C21H23NO3S/c1-13-7-5-8-14(11-13)17-16(19(24)21(2,3)4)18(23)20(25)22(17)12-15-9-6-10-26-15/h5-11,17,23H,12H2,1-4H3. The summed E-state index contributed by atoms with van der Waals surface area (Å²) in [5, 5.41) is 12.5. The van der Waals surface area contributed by atoms with E-state index >= 15 is 0 Å². The number of thiophene rings is 1. The number of hydrogen-bond donors (Lipinski definition) is 1. The van der Waals surface area contributed by atoms with Gasteiger partial charge in [0, 0.05) is 10.3 Å². The molecule has 5 heteroatoms. The Morgan fingerprint density at radius 1 is 1.23 bits per heavy atom. The number of carbonyl (C=O) groups excluding carboxylic acids is 2. The van der Waals surface area contributed by atoms with E-state index < -0.39 is 23.1 Å². The van der Waals surface area contributed by atoms with Gasteiger partial charge in [0.25, 0.3) is 5.91 Å². The Bertz CT molecular complexity index is 875. The number of aliphatic hydroxyl groups is 1. The van der Waals surface area contributed by atoms with Crippen LogP contribution in [0.3, 0.4) is 0 Å². The largest absolute Gasteiger partial charge is 0.503 e. The molecule has 1 atom stereocenters. The van der Waals surface area contributed by atoms with E-state index in [0.717, 1.165) is 16.0 Å². The molecule has 136 valence electrons. The van der Waals surface area contributed by atoms with E-state index in [1.165, 1.54) is 0 Å². The molecule has 0 aliphatic carbocycles. The molecule has 1 aromatic carbocycles. The molecule has 0 radical (unpaired) electrons. The summed E-state index contributed by atoms with van der Waals surface area (Å²) in [5.41, 5.74) is 1.39. The molecule has 2 aromatic rings. The average Bonchev–Trinajstić information content (AvgIpc) is 3.16. The summed E-state index contributed by atoms with van der Waals surface area (Å²) in [6.45, 7) is 7.73. The number of hydrogen-bond acceptors (Lipinski definition) is 4. The number of Topliss-reactive ketones (excluding diaryl/α,β-unsaturated/α-hetero) is 1. The van der Waals surface area contributed by atoms with Gasteiger partial charge in [-0.15, -0.1) is 11.3 Å². The summed E-state index contributed by atoms with van der Waals surface area (Å²) < 4.78 is 0. The van der Waals surface area contributed by atoms with Crippen LogP contribution in [0.4, 0.5) is 0 Å². The Morgan fingerprint density at radius 2 is 1.96 bits per heavy atom. The summed E-state index contributed by atoms with van der Waals surface area (Å²) >= 11 is 1.55. The van der Waals surface area contributed by atoms with Crippen LogP contribution in [0, 0.1) is 12.3 Å². The summed E-state index contributed by atoms with van der Waals surface area (Å²) in [7, 11) is 0. The third-order valence-corrected chi connectivity index (χ3v) is 5.35. The van der Waals surface area contributed by atoms with E-state index in [2.05, 4.69) is 0 Å². The zero-order chi connectivity index (χ0) is 19.1. The Hall–Kier alpha value is -2.40. The molecule has 0 saturated heterocycles. The molecule has 26 heavy (non-hydrogen) atoms. The maximum Gasteiger partial charge on any atom is 0.290 e. The van der Waals surface area contributed by atoms with E-state index in [9.17, 15) is 14.7 Å². The minimum Gasteiger partial charge on any atom is -0.503 e. The fraction of sp³-hybridized carbons (Fsp3) is 0.333. The van der Waals surface area contributed by atoms with Crippen LogP contribution < -0.4 is 0 Å². The normalized spacial score (nSPS) is 17.9. The highest BCUT2D eigenvalue weighted by Gasteiger charge is 2.45. The van der Waals surface area contributed by atoms with Crippen molar-refractivity contribution in [2.24, 2.45) is 5.41 Å². The predicted molar refractivity (Wildman–Crippen MR) is 103 cm³/mol. The van der Waals surface area contributed by atoms with Gasteiger partial charge in [0.05, 0.1) is 18.2 Å². The van der Waals surface area contributed by atoms with Gasteiger partial charge in [-0.05, 0) is 23.9 Å². The van der Waals surface area contributed by atoms with E-state index in [4.69, 9.17) is 0 Å². The van der Waals surface area contributed by atoms with Crippen molar-refractivity contribution in [1.29, 1.82) is 0 Å². The lowest BCUT2D eigenvalue weighted by Crippen LogP contribution is -2.32. The van der Waals surface area contributed by atoms with Gasteiger partial charge in [-0.3, -0.25) is 9.59 Å². The van der Waals surface area contributed by atoms with Gasteiger partial charge in [0.15, 0.2) is 11.5 Å². The fourth-order valence-corrected chi connectivity index (χ4v) is 3.91. The molecule has 1 aliphatic heterocycles. The lowest BCUT2D eigenvalue weighted by molar-refractivity contribution is -0.130. The Morgan fingerprint density at radius 3 is 2.54 bits per heavy atom. The van der Waals surface area contributed by atoms with Gasteiger partial charge in [-0.2, -0.15) is 0 Å². The summed E-state index contributed by atoms with van der Waals surface area (Å²) in [6, 6.07) is 11.1. The highest BCUT2D eigenvalue weighted by molar-refractivity contribution is 7.09. The van der Waals surface area contributed by atoms with Gasteiger partial charge in [-0.25, -0.2) is 0 Å². The molecule has 4 nitrogen and oxygen atoms in total. The maximum absolute atomic E-state index is 13.0. The summed E-state index contributed by atoms with van der Waals surface area (Å²) in [5.74, 6) is -1.12. The first-order valence-corrected chi connectivity index (χ1v) is 9.46. The van der Waals surface area contributed by atoms with Gasteiger partial charge in [-0.1, -0.05) is 56.7 Å². The Labute approximate surface area is 157 Å². The quantitative estimate of drug-likeness (QED) is 0.859. The topological polar surface area (TPSA) is 57.6 Å². The molecule has 0 spiro atoms. The second-order valence-corrected chi connectivity index (χ2v) is 8.70. The van der Waals surface area contributed by atoms with E-state index in [0.29, 0.717) is 6.54 Å². The first-order chi connectivity index (χ1) is 12.2. The average molecular weight is 369 g/mol. The molecule has 1 amide bonds. The minimum absolute atomic E-state index is 0.199. The van der Waals surface area contributed by atoms with Gasteiger partial charge in [0.1, 0.15) is 0 Å². The van der Waals surface area contributed by atoms with Gasteiger partial charge >= 0.3 is 0 Å². The Balaban J connectivity index is 2.11. The number of rotatable bonds is 4. The van der Waals surface area contributed by atoms with Crippen LogP contribution in [0.25, 0.3) is 0 Å². The fourth-order valence-electron chi connectivity index (χ4n) is 3.21. The van der Waals surface area contributed by atoms with Crippen molar-refractivity contribution >= 4 is 23.0 Å². The highest BCUT2D eigenvalue weighted by atomic mass is 32.1. The van der Waals surface area contributed by atoms with Crippen LogP contribution in [0.15, 0.2) is 53.1 Å². The molecule has 0 bridgehead atoms. The first kappa shape index (κ1) is 18.4. The lowest BCUT2D eigenvalue weighted by atomic mass is 9.82. The molecule has 1 aromatic heterocycles. The minimum atomic E-state index is -0.690. The summed E-state index contributed by atoms with van der Waals surface area (Å²) in [4.78, 5) is 28.5. The van der Waals surface area contributed by atoms with Crippen LogP contribution in [0.1, 0.15) is 42.8 Å². The summed E-state index contributed by atoms with van der Waals surface area (Å²) in [6.07, 6.45) is 0. The van der Waals surface area contributed by atoms with E-state index in [-0.39, 0.29) is 11.4 Å². The maximum atomic E-state index is 13.0. The number of carbonyl (C=O) groups is 2. The number of amides is 1. The molecule has 1 N–H and O–H groups in total. The van der Waals surface area contributed by atoms with Crippen LogP contribution >= 0.6 is 11.3 Å². The van der Waals surface area contributed by atoms with Crippen molar-refractivity contribution in [3.8, 4) is 0 Å². The second-order valence-electron chi connectivity index (χ2n) is 7.67. The van der Waals surface area contributed by atoms with Crippen molar-refractivity contribution in [3.63, 3.8) is 0 Å². The smallest absolute Gasteiger partial charge is 0.290 e. The molecule has 1 unspecified atom stereocenters. The van der Waals surface area contributed by atoms with Crippen molar-refractivity contribution in [2.75, 3.05) is 0 Å². The molecule has 0 saturated carbocycles. The number of aliphatic hydroxyl groups excluding tert-OH is 1. The van der Waals surface area contributed by atoms with Crippen LogP contribution in [-0.4, -0.2) is 21.7 Å². The lowest BCUT2D eigenvalue weighted by Gasteiger charge is -2.28. The van der Waals surface area contributed by atoms with Crippen LogP contribution in [-0.2, 0) is 16.1 Å². The number of benzene rings is 1. The van der Waals surface area contributed by atoms with Crippen molar-refractivity contribution < 1.29 is 14.7 Å². The number of ketones is 1. The SMILES string of the molecule is Cc1cccc(C2C(C(=O)C(C)(C)C)=C(O)C(=O)N2Cc2cccs2)c1. The third kappa shape index (κ3) is 3.31. The molecule has 3 rings (SSSR count). The first-order valence-electron chi connectivity index (χ1n) is 8.58. The third-order valence-electron chi connectivity index (χ3n) is 4.49. The van der Waals surface area contributed by atoms with Gasteiger partial charge < -0.3 is 10.0 Å². The Kier molecular flexibility index (Phi) is 4.76. The van der Waals surface area contributed by atoms with E-state index in [1.807, 2.05) is 48.7 Å². The monoisotopic (exact) mass is 369 g/mol. The molecular formula is C21H23NO3S. The van der Waals surface area contributed by atoms with Gasteiger partial charge in [0.2, 0.25) is 0 Å². The molecule has 0 fully saturated rings. The van der Waals surface area contributed by atoms with Crippen LogP contribution in [0.5, 0.6) is 0 Å². The number of aryl methyl sites for hydroxylation is 1. The molecule has 1 aliphatic rings. The molecule has 2 heterocycles. The predicted octanol–water partition coefficient (Wildman–Crippen LogP) is 4.57. The number of nitrogens with zero attached hydrogens (tertiary/aromatic N) is 1. The zero-order valence-electron chi connectivity index (χ0n) is 15.4.